The number of unbranched alkanes of at least 4 members (excludes halogenated alkanes) is 2. The van der Waals surface area contributed by atoms with Crippen LogP contribution in [0.1, 0.15) is 59.4 Å². The van der Waals surface area contributed by atoms with Crippen LogP contribution < -0.4 is 11.0 Å². The lowest BCUT2D eigenvalue weighted by molar-refractivity contribution is 0.0523. The largest absolute Gasteiger partial charge is 0.462 e. The van der Waals surface area contributed by atoms with Gasteiger partial charge in [-0.05, 0) is 50.1 Å². The van der Waals surface area contributed by atoms with Gasteiger partial charge in [0.25, 0.3) is 11.5 Å². The highest BCUT2D eigenvalue weighted by atomic mass is 16.5. The highest BCUT2D eigenvalue weighted by molar-refractivity contribution is 5.97. The maximum Gasteiger partial charge on any atom is 0.341 e. The van der Waals surface area contributed by atoms with Crippen LogP contribution in [0.15, 0.2) is 64.5 Å². The molecule has 1 aromatic carbocycles. The lowest BCUT2D eigenvalue weighted by atomic mass is 10.1. The minimum atomic E-state index is -0.646. The molecular weight excluding hydrogens is 444 g/mol. The molecule has 0 aliphatic rings. The Bertz CT molecular complexity index is 1530. The molecule has 0 saturated carbocycles. The van der Waals surface area contributed by atoms with E-state index in [-0.39, 0.29) is 28.6 Å². The summed E-state index contributed by atoms with van der Waals surface area (Å²) in [4.78, 5) is 48.7. The number of aromatic nitrogens is 3. The summed E-state index contributed by atoms with van der Waals surface area (Å²) in [5.74, 6) is -1.14. The summed E-state index contributed by atoms with van der Waals surface area (Å²) in [5, 5.41) is 0.263. The van der Waals surface area contributed by atoms with Gasteiger partial charge in [0, 0.05) is 18.3 Å². The van der Waals surface area contributed by atoms with Gasteiger partial charge in [-0.25, -0.2) is 9.78 Å². The van der Waals surface area contributed by atoms with Crippen molar-refractivity contribution in [1.29, 1.82) is 0 Å². The summed E-state index contributed by atoms with van der Waals surface area (Å²) in [5.41, 5.74) is 2.03. The molecule has 180 valence electrons. The Morgan fingerprint density at radius 1 is 1.03 bits per heavy atom. The number of benzene rings is 1. The smallest absolute Gasteiger partial charge is 0.341 e. The number of hydrogen-bond donors (Lipinski definition) is 0. The summed E-state index contributed by atoms with van der Waals surface area (Å²) in [6, 6.07) is 13.8. The summed E-state index contributed by atoms with van der Waals surface area (Å²) in [6.45, 7) is 6.25. The van der Waals surface area contributed by atoms with Gasteiger partial charge in [-0.15, -0.1) is 0 Å². The number of hydrogen-bond acceptors (Lipinski definition) is 5. The van der Waals surface area contributed by atoms with Gasteiger partial charge in [-0.2, -0.15) is 4.99 Å². The van der Waals surface area contributed by atoms with Crippen LogP contribution in [0.3, 0.4) is 0 Å². The van der Waals surface area contributed by atoms with E-state index in [2.05, 4.69) is 11.9 Å². The summed E-state index contributed by atoms with van der Waals surface area (Å²) in [7, 11) is 0. The van der Waals surface area contributed by atoms with Crippen LogP contribution in [0, 0.1) is 6.92 Å². The molecule has 8 nitrogen and oxygen atoms in total. The Morgan fingerprint density at radius 2 is 1.80 bits per heavy atom. The molecule has 0 aliphatic heterocycles. The van der Waals surface area contributed by atoms with Gasteiger partial charge < -0.3 is 9.30 Å². The molecule has 0 bridgehead atoms. The van der Waals surface area contributed by atoms with E-state index in [4.69, 9.17) is 9.72 Å². The average Bonchev–Trinajstić information content (AvgIpc) is 2.86. The quantitative estimate of drug-likeness (QED) is 0.230. The van der Waals surface area contributed by atoms with Gasteiger partial charge in [0.15, 0.2) is 5.49 Å². The normalized spacial score (nSPS) is 11.8. The Hall–Kier alpha value is -4.07. The summed E-state index contributed by atoms with van der Waals surface area (Å²) in [6.07, 6.45) is 4.32. The number of fused-ring (bicyclic) bond motifs is 2. The number of aryl methyl sites for hydroxylation is 2. The molecule has 0 atom stereocenters. The molecule has 0 spiro atoms. The Labute approximate surface area is 202 Å². The zero-order chi connectivity index (χ0) is 24.9. The molecule has 4 rings (SSSR count). The van der Waals surface area contributed by atoms with Crippen LogP contribution in [0.25, 0.3) is 16.7 Å². The highest BCUT2D eigenvalue weighted by Gasteiger charge is 2.20. The van der Waals surface area contributed by atoms with E-state index in [0.29, 0.717) is 23.4 Å². The van der Waals surface area contributed by atoms with Crippen molar-refractivity contribution < 1.29 is 14.3 Å². The first-order valence-corrected chi connectivity index (χ1v) is 11.8. The fourth-order valence-corrected chi connectivity index (χ4v) is 4.04. The number of carbonyl (C=O) groups excluding carboxylic acids is 2. The first-order chi connectivity index (χ1) is 17.0. The fraction of sp³-hybridized carbons (Fsp3) is 0.296. The van der Waals surface area contributed by atoms with Crippen molar-refractivity contribution in [1.82, 2.24) is 14.0 Å². The van der Waals surface area contributed by atoms with Crippen LogP contribution in [0.4, 0.5) is 0 Å². The molecular formula is C27H28N4O4. The van der Waals surface area contributed by atoms with E-state index in [0.717, 1.165) is 24.8 Å². The predicted molar refractivity (Wildman–Crippen MR) is 134 cm³/mol. The molecule has 3 aromatic heterocycles. The minimum absolute atomic E-state index is 0.0617. The zero-order valence-corrected chi connectivity index (χ0v) is 20.2. The van der Waals surface area contributed by atoms with Crippen molar-refractivity contribution in [3.63, 3.8) is 0 Å². The maximum atomic E-state index is 13.5. The van der Waals surface area contributed by atoms with Gasteiger partial charge >= 0.3 is 5.97 Å². The summed E-state index contributed by atoms with van der Waals surface area (Å²) < 4.78 is 8.46. The van der Waals surface area contributed by atoms with Crippen LogP contribution in [0.5, 0.6) is 0 Å². The molecule has 0 saturated heterocycles. The van der Waals surface area contributed by atoms with Crippen LogP contribution in [0.2, 0.25) is 0 Å². The molecule has 0 radical (unpaired) electrons. The van der Waals surface area contributed by atoms with Crippen LogP contribution in [-0.2, 0) is 11.3 Å². The van der Waals surface area contributed by atoms with Gasteiger partial charge in [-0.3, -0.25) is 14.0 Å². The van der Waals surface area contributed by atoms with Gasteiger partial charge in [0.05, 0.1) is 12.0 Å². The van der Waals surface area contributed by atoms with Crippen LogP contribution >= 0.6 is 0 Å². The lowest BCUT2D eigenvalue weighted by Crippen LogP contribution is -2.33. The molecule has 35 heavy (non-hydrogen) atoms. The third-order valence-corrected chi connectivity index (χ3v) is 5.81. The molecule has 8 heteroatoms. The SMILES string of the molecule is CCCCCn1c(=NC(=O)c2ccccc2)c(C(=O)OCC)cc2c(=O)n3cccc(C)c3nc21. The van der Waals surface area contributed by atoms with E-state index >= 15 is 0 Å². The number of nitrogens with zero attached hydrogens (tertiary/aromatic N) is 4. The minimum Gasteiger partial charge on any atom is -0.462 e. The van der Waals surface area contributed by atoms with E-state index < -0.39 is 11.9 Å². The van der Waals surface area contributed by atoms with Crippen molar-refractivity contribution >= 4 is 28.6 Å². The second kappa shape index (κ2) is 10.5. The number of pyridine rings is 2. The monoisotopic (exact) mass is 472 g/mol. The molecule has 0 aliphatic carbocycles. The van der Waals surface area contributed by atoms with E-state index in [9.17, 15) is 14.4 Å². The Kier molecular flexibility index (Phi) is 7.19. The van der Waals surface area contributed by atoms with Crippen molar-refractivity contribution in [2.75, 3.05) is 6.61 Å². The van der Waals surface area contributed by atoms with Gasteiger partial charge in [-0.1, -0.05) is 44.0 Å². The zero-order valence-electron chi connectivity index (χ0n) is 20.2. The van der Waals surface area contributed by atoms with E-state index in [1.807, 2.05) is 19.1 Å². The van der Waals surface area contributed by atoms with Gasteiger partial charge in [0.1, 0.15) is 16.9 Å². The number of rotatable bonds is 7. The van der Waals surface area contributed by atoms with Gasteiger partial charge in [0.2, 0.25) is 0 Å². The first kappa shape index (κ1) is 24.1. The van der Waals surface area contributed by atoms with E-state index in [1.165, 1.54) is 10.5 Å². The molecule has 4 aromatic rings. The van der Waals surface area contributed by atoms with Crippen LogP contribution in [-0.4, -0.2) is 32.4 Å². The second-order valence-electron chi connectivity index (χ2n) is 8.28. The molecule has 0 unspecified atom stereocenters. The predicted octanol–water partition coefficient (Wildman–Crippen LogP) is 4.07. The van der Waals surface area contributed by atoms with Crippen molar-refractivity contribution in [3.05, 3.63) is 87.3 Å². The topological polar surface area (TPSA) is 95.0 Å². The molecule has 3 heterocycles. The van der Waals surface area contributed by atoms with Crippen molar-refractivity contribution in [3.8, 4) is 0 Å². The maximum absolute atomic E-state index is 13.5. The number of amides is 1. The number of ether oxygens (including phenoxy) is 1. The molecule has 0 N–H and O–H groups in total. The second-order valence-corrected chi connectivity index (χ2v) is 8.28. The Morgan fingerprint density at radius 3 is 2.51 bits per heavy atom. The standard InChI is InChI=1S/C27H28N4O4/c1-4-6-10-15-30-23-20(26(33)31-16-11-12-18(3)22(31)28-23)17-21(27(34)35-5-2)24(30)29-25(32)19-13-8-7-9-14-19/h7-9,11-14,16-17H,4-6,10,15H2,1-3H3. The highest BCUT2D eigenvalue weighted by Crippen LogP contribution is 2.15. The lowest BCUT2D eigenvalue weighted by Gasteiger charge is -2.15. The molecule has 1 amide bonds. The average molecular weight is 473 g/mol. The Balaban J connectivity index is 2.12. The third kappa shape index (κ3) is 4.77. The summed E-state index contributed by atoms with van der Waals surface area (Å²) >= 11 is 0. The third-order valence-electron chi connectivity index (χ3n) is 5.81. The number of esters is 1. The fourth-order valence-electron chi connectivity index (χ4n) is 4.04. The first-order valence-electron chi connectivity index (χ1n) is 11.8. The van der Waals surface area contributed by atoms with Crippen molar-refractivity contribution in [2.24, 2.45) is 4.99 Å². The number of carbonyl (C=O) groups is 2. The van der Waals surface area contributed by atoms with Crippen molar-refractivity contribution in [2.45, 2.75) is 46.6 Å². The van der Waals surface area contributed by atoms with E-state index in [1.54, 1.807) is 48.0 Å². The molecule has 0 fully saturated rings.